The van der Waals surface area contributed by atoms with Crippen molar-refractivity contribution in [3.8, 4) is 0 Å². The molecule has 3 nitrogen and oxygen atoms in total. The fourth-order valence-electron chi connectivity index (χ4n) is 3.83. The highest BCUT2D eigenvalue weighted by molar-refractivity contribution is 5.79. The third-order valence-corrected chi connectivity index (χ3v) is 5.67. The number of hydrogen-bond acceptors (Lipinski definition) is 3. The Kier molecular flexibility index (Phi) is 6.87. The fourth-order valence-corrected chi connectivity index (χ4v) is 3.83. The minimum Gasteiger partial charge on any atom is -0.311 e. The predicted molar refractivity (Wildman–Crippen MR) is 147 cm³/mol. The van der Waals surface area contributed by atoms with Crippen molar-refractivity contribution in [2.45, 2.75) is 0 Å². The molecule has 2 aromatic heterocycles. The highest BCUT2D eigenvalue weighted by Gasteiger charge is 2.11. The summed E-state index contributed by atoms with van der Waals surface area (Å²) in [5, 5.41) is 0. The number of rotatable bonds is 7. The SMILES string of the molecule is C(=C\c1ccc(N(c2ccccc2)c2ccc(/C=C/c3ccncc3)cc2)cc1)/c1ccncc1. The Morgan fingerprint density at radius 1 is 0.371 bits per heavy atom. The van der Waals surface area contributed by atoms with E-state index in [1.54, 1.807) is 24.8 Å². The standard InChI is InChI=1S/C32H25N3/c1-2-4-30(5-3-1)35(31-14-10-26(11-15-31)6-8-28-18-22-33-23-19-28)32-16-12-27(13-17-32)7-9-29-20-24-34-25-21-29/h1-25H/b8-6+,9-7+. The summed E-state index contributed by atoms with van der Waals surface area (Å²) in [5.74, 6) is 0. The third kappa shape index (κ3) is 5.79. The van der Waals surface area contributed by atoms with Crippen molar-refractivity contribution in [3.63, 3.8) is 0 Å². The molecule has 0 aliphatic carbocycles. The summed E-state index contributed by atoms with van der Waals surface area (Å²) in [7, 11) is 0. The van der Waals surface area contributed by atoms with Crippen molar-refractivity contribution in [2.24, 2.45) is 0 Å². The summed E-state index contributed by atoms with van der Waals surface area (Å²) in [6.45, 7) is 0. The molecule has 0 aliphatic rings. The van der Waals surface area contributed by atoms with Gasteiger partial charge in [0.15, 0.2) is 0 Å². The second-order valence-electron chi connectivity index (χ2n) is 8.08. The third-order valence-electron chi connectivity index (χ3n) is 5.67. The van der Waals surface area contributed by atoms with Gasteiger partial charge < -0.3 is 4.90 Å². The Hall–Kier alpha value is -4.76. The van der Waals surface area contributed by atoms with Crippen molar-refractivity contribution in [1.29, 1.82) is 0 Å². The van der Waals surface area contributed by atoms with Crippen molar-refractivity contribution in [1.82, 2.24) is 9.97 Å². The zero-order valence-corrected chi connectivity index (χ0v) is 19.3. The molecular formula is C32H25N3. The number of hydrogen-bond donors (Lipinski definition) is 0. The van der Waals surface area contributed by atoms with Crippen LogP contribution in [0.1, 0.15) is 22.3 Å². The number of pyridine rings is 2. The van der Waals surface area contributed by atoms with E-state index >= 15 is 0 Å². The quantitative estimate of drug-likeness (QED) is 0.249. The van der Waals surface area contributed by atoms with Crippen LogP contribution in [-0.2, 0) is 0 Å². The van der Waals surface area contributed by atoms with E-state index in [1.165, 1.54) is 0 Å². The molecule has 168 valence electrons. The minimum atomic E-state index is 1.11. The molecule has 0 fully saturated rings. The van der Waals surface area contributed by atoms with Crippen molar-refractivity contribution in [3.05, 3.63) is 150 Å². The summed E-state index contributed by atoms with van der Waals surface area (Å²) in [4.78, 5) is 10.4. The average Bonchev–Trinajstić information content (AvgIpc) is 2.94. The van der Waals surface area contributed by atoms with Crippen LogP contribution in [0.2, 0.25) is 0 Å². The van der Waals surface area contributed by atoms with E-state index in [1.807, 2.05) is 30.3 Å². The van der Waals surface area contributed by atoms with Crippen LogP contribution in [-0.4, -0.2) is 9.97 Å². The van der Waals surface area contributed by atoms with Crippen LogP contribution in [0, 0.1) is 0 Å². The average molecular weight is 452 g/mol. The van der Waals surface area contributed by atoms with Gasteiger partial charge in [0.05, 0.1) is 0 Å². The van der Waals surface area contributed by atoms with Gasteiger partial charge in [0.2, 0.25) is 0 Å². The topological polar surface area (TPSA) is 29.0 Å². The van der Waals surface area contributed by atoms with E-state index in [0.29, 0.717) is 0 Å². The van der Waals surface area contributed by atoms with E-state index in [4.69, 9.17) is 0 Å². The van der Waals surface area contributed by atoms with Crippen LogP contribution < -0.4 is 4.90 Å². The van der Waals surface area contributed by atoms with Gasteiger partial charge in [0.25, 0.3) is 0 Å². The molecule has 0 aliphatic heterocycles. The van der Waals surface area contributed by atoms with E-state index in [-0.39, 0.29) is 0 Å². The highest BCUT2D eigenvalue weighted by atomic mass is 15.1. The van der Waals surface area contributed by atoms with Gasteiger partial charge in [-0.15, -0.1) is 0 Å². The summed E-state index contributed by atoms with van der Waals surface area (Å²) < 4.78 is 0. The molecule has 0 atom stereocenters. The van der Waals surface area contributed by atoms with Crippen LogP contribution in [0.15, 0.2) is 128 Å². The fraction of sp³-hybridized carbons (Fsp3) is 0. The number of benzene rings is 3. The first-order valence-electron chi connectivity index (χ1n) is 11.6. The molecule has 35 heavy (non-hydrogen) atoms. The largest absolute Gasteiger partial charge is 0.311 e. The van der Waals surface area contributed by atoms with Gasteiger partial charge in [-0.1, -0.05) is 66.8 Å². The number of anilines is 3. The first-order valence-corrected chi connectivity index (χ1v) is 11.6. The highest BCUT2D eigenvalue weighted by Crippen LogP contribution is 2.34. The summed E-state index contributed by atoms with van der Waals surface area (Å²) in [6, 6.07) is 35.7. The molecule has 3 aromatic carbocycles. The van der Waals surface area contributed by atoms with Gasteiger partial charge in [0, 0.05) is 41.8 Å². The second kappa shape index (κ2) is 10.9. The van der Waals surface area contributed by atoms with Crippen molar-refractivity contribution >= 4 is 41.4 Å². The molecule has 0 unspecified atom stereocenters. The lowest BCUT2D eigenvalue weighted by molar-refractivity contribution is 1.28. The molecule has 0 amide bonds. The van der Waals surface area contributed by atoms with Crippen LogP contribution in [0.4, 0.5) is 17.1 Å². The van der Waals surface area contributed by atoms with Crippen molar-refractivity contribution < 1.29 is 0 Å². The monoisotopic (exact) mass is 451 g/mol. The second-order valence-corrected chi connectivity index (χ2v) is 8.08. The molecule has 0 spiro atoms. The molecular weight excluding hydrogens is 426 g/mol. The van der Waals surface area contributed by atoms with E-state index in [9.17, 15) is 0 Å². The molecule has 0 bridgehead atoms. The van der Waals surface area contributed by atoms with Gasteiger partial charge in [-0.25, -0.2) is 0 Å². The van der Waals surface area contributed by atoms with Crippen LogP contribution >= 0.6 is 0 Å². The van der Waals surface area contributed by atoms with E-state index in [2.05, 4.69) is 112 Å². The van der Waals surface area contributed by atoms with E-state index in [0.717, 1.165) is 39.3 Å². The Bertz CT molecular complexity index is 1300. The zero-order valence-electron chi connectivity index (χ0n) is 19.3. The minimum absolute atomic E-state index is 1.11. The smallest absolute Gasteiger partial charge is 0.0462 e. The molecule has 5 aromatic rings. The molecule has 0 saturated heterocycles. The Balaban J connectivity index is 1.40. The Morgan fingerprint density at radius 2 is 0.714 bits per heavy atom. The molecule has 5 rings (SSSR count). The normalized spacial score (nSPS) is 11.2. The van der Waals surface area contributed by atoms with Gasteiger partial charge in [0.1, 0.15) is 0 Å². The van der Waals surface area contributed by atoms with Crippen LogP contribution in [0.5, 0.6) is 0 Å². The molecule has 0 N–H and O–H groups in total. The van der Waals surface area contributed by atoms with Crippen LogP contribution in [0.25, 0.3) is 24.3 Å². The van der Waals surface area contributed by atoms with Crippen LogP contribution in [0.3, 0.4) is 0 Å². The van der Waals surface area contributed by atoms with Gasteiger partial charge in [-0.3, -0.25) is 9.97 Å². The summed E-state index contributed by atoms with van der Waals surface area (Å²) >= 11 is 0. The van der Waals surface area contributed by atoms with Crippen molar-refractivity contribution in [2.75, 3.05) is 4.90 Å². The maximum atomic E-state index is 4.07. The Morgan fingerprint density at radius 3 is 1.11 bits per heavy atom. The lowest BCUT2D eigenvalue weighted by Crippen LogP contribution is -2.09. The maximum Gasteiger partial charge on any atom is 0.0462 e. The van der Waals surface area contributed by atoms with E-state index < -0.39 is 0 Å². The molecule has 2 heterocycles. The lowest BCUT2D eigenvalue weighted by Gasteiger charge is -2.25. The molecule has 0 radical (unpaired) electrons. The molecule has 3 heteroatoms. The lowest BCUT2D eigenvalue weighted by atomic mass is 10.1. The first kappa shape index (κ1) is 22.1. The van der Waals surface area contributed by atoms with Gasteiger partial charge >= 0.3 is 0 Å². The summed E-state index contributed by atoms with van der Waals surface area (Å²) in [6.07, 6.45) is 15.7. The van der Waals surface area contributed by atoms with Gasteiger partial charge in [-0.05, 0) is 82.9 Å². The Labute approximate surface area is 206 Å². The zero-order chi connectivity index (χ0) is 23.7. The predicted octanol–water partition coefficient (Wildman–Crippen LogP) is 8.29. The number of aromatic nitrogens is 2. The first-order chi connectivity index (χ1) is 17.3. The molecule has 0 saturated carbocycles. The summed E-state index contributed by atoms with van der Waals surface area (Å²) in [5.41, 5.74) is 7.90. The maximum absolute atomic E-state index is 4.07. The number of para-hydroxylation sites is 1. The van der Waals surface area contributed by atoms with Gasteiger partial charge in [-0.2, -0.15) is 0 Å². The number of nitrogens with zero attached hydrogens (tertiary/aromatic N) is 3.